The first kappa shape index (κ1) is 23.6. The van der Waals surface area contributed by atoms with Crippen molar-refractivity contribution >= 4 is 24.2 Å². The number of carbonyl (C=O) groups is 2. The number of ether oxygens (including phenoxy) is 1. The fourth-order valence-corrected chi connectivity index (χ4v) is 4.31. The molecule has 2 saturated heterocycles. The summed E-state index contributed by atoms with van der Waals surface area (Å²) in [5.74, 6) is -0.0495. The van der Waals surface area contributed by atoms with Gasteiger partial charge in [0.05, 0.1) is 12.5 Å². The lowest BCUT2D eigenvalue weighted by Crippen LogP contribution is -2.50. The molecule has 2 aliphatic rings. The number of carbonyl (C=O) groups excluding carboxylic acids is 2. The third kappa shape index (κ3) is 6.17. The number of hydrogen-bond acceptors (Lipinski definition) is 4. The van der Waals surface area contributed by atoms with Gasteiger partial charge in [0, 0.05) is 37.7 Å². The van der Waals surface area contributed by atoms with Gasteiger partial charge in [-0.2, -0.15) is 0 Å². The zero-order valence-corrected chi connectivity index (χ0v) is 18.4. The summed E-state index contributed by atoms with van der Waals surface area (Å²) in [5.41, 5.74) is 1.85. The quantitative estimate of drug-likeness (QED) is 0.737. The Hall–Kier alpha value is -1.63. The second-order valence-corrected chi connectivity index (χ2v) is 8.36. The largest absolute Gasteiger partial charge is 0.384 e. The van der Waals surface area contributed by atoms with E-state index < -0.39 is 0 Å². The highest BCUT2D eigenvalue weighted by atomic mass is 35.5. The number of piperidine rings is 2. The van der Waals surface area contributed by atoms with Crippen LogP contribution in [0.15, 0.2) is 24.3 Å². The van der Waals surface area contributed by atoms with Crippen LogP contribution < -0.4 is 10.6 Å². The average molecular weight is 424 g/mol. The molecule has 3 rings (SSSR count). The van der Waals surface area contributed by atoms with Crippen LogP contribution in [0.25, 0.3) is 0 Å². The van der Waals surface area contributed by atoms with Crippen molar-refractivity contribution in [3.05, 3.63) is 35.4 Å². The van der Waals surface area contributed by atoms with Gasteiger partial charge in [-0.15, -0.1) is 12.4 Å². The van der Waals surface area contributed by atoms with Crippen LogP contribution in [0.1, 0.15) is 41.6 Å². The predicted octanol–water partition coefficient (Wildman–Crippen LogP) is 2.40. The van der Waals surface area contributed by atoms with Gasteiger partial charge in [-0.25, -0.2) is 0 Å². The molecule has 29 heavy (non-hydrogen) atoms. The van der Waals surface area contributed by atoms with Gasteiger partial charge in [-0.3, -0.25) is 9.59 Å². The first-order valence-corrected chi connectivity index (χ1v) is 10.4. The highest BCUT2D eigenvalue weighted by Gasteiger charge is 2.34. The monoisotopic (exact) mass is 423 g/mol. The van der Waals surface area contributed by atoms with Crippen LogP contribution in [-0.4, -0.2) is 63.2 Å². The normalized spacial score (nSPS) is 21.2. The van der Waals surface area contributed by atoms with Gasteiger partial charge >= 0.3 is 0 Å². The summed E-state index contributed by atoms with van der Waals surface area (Å²) in [5, 5.41) is 6.54. The molecule has 162 valence electrons. The molecule has 0 aromatic heterocycles. The van der Waals surface area contributed by atoms with Crippen molar-refractivity contribution < 1.29 is 14.3 Å². The Morgan fingerprint density at radius 2 is 1.93 bits per heavy atom. The number of benzene rings is 1. The van der Waals surface area contributed by atoms with E-state index in [1.54, 1.807) is 7.11 Å². The summed E-state index contributed by atoms with van der Waals surface area (Å²) in [6, 6.07) is 7.64. The van der Waals surface area contributed by atoms with E-state index in [1.807, 2.05) is 36.1 Å². The molecule has 2 N–H and O–H groups in total. The van der Waals surface area contributed by atoms with Gasteiger partial charge in [0.1, 0.15) is 0 Å². The minimum Gasteiger partial charge on any atom is -0.384 e. The smallest absolute Gasteiger partial charge is 0.253 e. The van der Waals surface area contributed by atoms with E-state index in [0.717, 1.165) is 50.9 Å². The number of methoxy groups -OCH3 is 1. The minimum absolute atomic E-state index is 0. The van der Waals surface area contributed by atoms with E-state index in [0.29, 0.717) is 25.3 Å². The summed E-state index contributed by atoms with van der Waals surface area (Å²) in [4.78, 5) is 27.4. The SMILES string of the molecule is COCC1(CNC(=O)C2CCCN(C(=O)c3ccc(C)cc3)C2)CCNCC1.Cl. The predicted molar refractivity (Wildman–Crippen MR) is 116 cm³/mol. The van der Waals surface area contributed by atoms with Crippen LogP contribution in [0.2, 0.25) is 0 Å². The lowest BCUT2D eigenvalue weighted by molar-refractivity contribution is -0.127. The van der Waals surface area contributed by atoms with Gasteiger partial charge in [0.15, 0.2) is 0 Å². The number of halogens is 1. The van der Waals surface area contributed by atoms with Crippen molar-refractivity contribution in [1.82, 2.24) is 15.5 Å². The van der Waals surface area contributed by atoms with Crippen molar-refractivity contribution in [2.75, 3.05) is 46.4 Å². The Bertz CT molecular complexity index is 669. The molecule has 0 aliphatic carbocycles. The van der Waals surface area contributed by atoms with Gasteiger partial charge < -0.3 is 20.3 Å². The Morgan fingerprint density at radius 3 is 2.59 bits per heavy atom. The third-order valence-electron chi connectivity index (χ3n) is 6.13. The van der Waals surface area contributed by atoms with Crippen LogP contribution in [0.5, 0.6) is 0 Å². The van der Waals surface area contributed by atoms with E-state index in [-0.39, 0.29) is 35.6 Å². The molecule has 0 bridgehead atoms. The number of hydrogen-bond donors (Lipinski definition) is 2. The number of nitrogens with one attached hydrogen (secondary N) is 2. The standard InChI is InChI=1S/C22H33N3O3.ClH/c1-17-5-7-18(8-6-17)21(27)25-13-3-4-19(14-25)20(26)24-15-22(16-28-2)9-11-23-12-10-22;/h5-8,19,23H,3-4,9-16H2,1-2H3,(H,24,26);1H. The fourth-order valence-electron chi connectivity index (χ4n) is 4.31. The number of nitrogens with zero attached hydrogens (tertiary/aromatic N) is 1. The van der Waals surface area contributed by atoms with Crippen LogP contribution in [0, 0.1) is 18.3 Å². The van der Waals surface area contributed by atoms with Gasteiger partial charge in [-0.1, -0.05) is 17.7 Å². The van der Waals surface area contributed by atoms with E-state index in [4.69, 9.17) is 4.74 Å². The van der Waals surface area contributed by atoms with Crippen LogP contribution in [0.3, 0.4) is 0 Å². The molecule has 0 saturated carbocycles. The van der Waals surface area contributed by atoms with Crippen molar-refractivity contribution in [3.63, 3.8) is 0 Å². The molecule has 2 heterocycles. The van der Waals surface area contributed by atoms with Crippen molar-refractivity contribution in [2.24, 2.45) is 11.3 Å². The van der Waals surface area contributed by atoms with Gasteiger partial charge in [-0.05, 0) is 57.8 Å². The molecule has 2 fully saturated rings. The third-order valence-corrected chi connectivity index (χ3v) is 6.13. The Kier molecular flexibility index (Phi) is 8.93. The Labute approximate surface area is 180 Å². The maximum absolute atomic E-state index is 12.8. The summed E-state index contributed by atoms with van der Waals surface area (Å²) in [6.07, 6.45) is 3.71. The number of rotatable bonds is 6. The first-order valence-electron chi connectivity index (χ1n) is 10.4. The highest BCUT2D eigenvalue weighted by Crippen LogP contribution is 2.28. The van der Waals surface area contributed by atoms with Crippen LogP contribution in [-0.2, 0) is 9.53 Å². The molecule has 0 radical (unpaired) electrons. The van der Waals surface area contributed by atoms with Crippen molar-refractivity contribution in [1.29, 1.82) is 0 Å². The summed E-state index contributed by atoms with van der Waals surface area (Å²) >= 11 is 0. The van der Waals surface area contributed by atoms with E-state index in [1.165, 1.54) is 0 Å². The average Bonchev–Trinajstić information content (AvgIpc) is 2.73. The van der Waals surface area contributed by atoms with E-state index >= 15 is 0 Å². The second-order valence-electron chi connectivity index (χ2n) is 8.36. The van der Waals surface area contributed by atoms with Crippen LogP contribution >= 0.6 is 12.4 Å². The maximum atomic E-state index is 12.8. The molecule has 6 nitrogen and oxygen atoms in total. The summed E-state index contributed by atoms with van der Waals surface area (Å²) in [7, 11) is 1.72. The summed E-state index contributed by atoms with van der Waals surface area (Å²) < 4.78 is 5.44. The number of likely N-dealkylation sites (tertiary alicyclic amines) is 1. The van der Waals surface area contributed by atoms with E-state index in [2.05, 4.69) is 10.6 Å². The molecule has 2 aliphatic heterocycles. The van der Waals surface area contributed by atoms with Crippen molar-refractivity contribution in [3.8, 4) is 0 Å². The lowest BCUT2D eigenvalue weighted by atomic mass is 9.79. The molecule has 2 amide bonds. The molecule has 1 atom stereocenters. The summed E-state index contributed by atoms with van der Waals surface area (Å²) in [6.45, 7) is 6.45. The number of aryl methyl sites for hydroxylation is 1. The number of amides is 2. The zero-order valence-electron chi connectivity index (χ0n) is 17.5. The Balaban J connectivity index is 0.00000300. The van der Waals surface area contributed by atoms with Gasteiger partial charge in [0.2, 0.25) is 5.91 Å². The topological polar surface area (TPSA) is 70.7 Å². The molecule has 1 unspecified atom stereocenters. The minimum atomic E-state index is -0.135. The molecule has 0 spiro atoms. The molecule has 7 heteroatoms. The molecule has 1 aromatic rings. The zero-order chi connectivity index (χ0) is 20.0. The maximum Gasteiger partial charge on any atom is 0.253 e. The van der Waals surface area contributed by atoms with Gasteiger partial charge in [0.25, 0.3) is 5.91 Å². The Morgan fingerprint density at radius 1 is 1.24 bits per heavy atom. The second kappa shape index (κ2) is 11.0. The highest BCUT2D eigenvalue weighted by molar-refractivity contribution is 5.94. The lowest BCUT2D eigenvalue weighted by Gasteiger charge is -2.38. The van der Waals surface area contributed by atoms with Crippen LogP contribution in [0.4, 0.5) is 0 Å². The first-order chi connectivity index (χ1) is 13.5. The van der Waals surface area contributed by atoms with E-state index in [9.17, 15) is 9.59 Å². The molecule has 1 aromatic carbocycles. The fraction of sp³-hybridized carbons (Fsp3) is 0.636. The van der Waals surface area contributed by atoms with Crippen molar-refractivity contribution in [2.45, 2.75) is 32.6 Å². The molecular weight excluding hydrogens is 390 g/mol. The molecular formula is C22H34ClN3O3.